The number of carbonyl (C=O) groups is 2. The van der Waals surface area contributed by atoms with Gasteiger partial charge in [-0.1, -0.05) is 124 Å². The number of aromatic nitrogens is 16. The predicted molar refractivity (Wildman–Crippen MR) is 496 cm³/mol. The van der Waals surface area contributed by atoms with E-state index >= 15 is 0 Å². The van der Waals surface area contributed by atoms with Gasteiger partial charge in [-0.15, -0.1) is 0 Å². The Morgan fingerprint density at radius 3 is 0.992 bits per heavy atom. The molecule has 8 aromatic heterocycles. The number of aryl methyl sites for hydroxylation is 2. The molecule has 0 bridgehead atoms. The number of nitrogens with zero attached hydrogens (tertiary/aromatic N) is 20. The molecule has 0 saturated carbocycles. The summed E-state index contributed by atoms with van der Waals surface area (Å²) in [4.78, 5) is 96.0. The first-order valence-electron chi connectivity index (χ1n) is 45.4. The summed E-state index contributed by atoms with van der Waals surface area (Å²) in [5.74, 6) is 1.75. The van der Waals surface area contributed by atoms with Gasteiger partial charge in [0, 0.05) is 46.9 Å². The fourth-order valence-electron chi connectivity index (χ4n) is 16.1. The van der Waals surface area contributed by atoms with Gasteiger partial charge in [-0.25, -0.2) is 19.4 Å². The van der Waals surface area contributed by atoms with Gasteiger partial charge in [0.15, 0.2) is 62.4 Å². The van der Waals surface area contributed by atoms with Crippen LogP contribution < -0.4 is 57.0 Å². The van der Waals surface area contributed by atoms with Crippen molar-refractivity contribution < 1.29 is 57.0 Å². The molecule has 130 heavy (non-hydrogen) atoms. The predicted octanol–water partition coefficient (Wildman–Crippen LogP) is 12.6. The maximum atomic E-state index is 13.1. The number of ether oxygens (including phenoxy) is 10. The molecule has 0 atom stereocenters. The first-order chi connectivity index (χ1) is 63.1. The molecule has 0 aliphatic carbocycles. The van der Waals surface area contributed by atoms with Crippen LogP contribution in [-0.2, 0) is 77.9 Å². The summed E-state index contributed by atoms with van der Waals surface area (Å²) >= 11 is 0. The number of hydrogen-bond acceptors (Lipinski definition) is 32. The van der Waals surface area contributed by atoms with Gasteiger partial charge in [0.1, 0.15) is 24.6 Å². The number of hydrogen-bond donors (Lipinski definition) is 4. The molecule has 12 heterocycles. The highest BCUT2D eigenvalue weighted by Gasteiger charge is 2.28. The van der Waals surface area contributed by atoms with Crippen LogP contribution in [0.2, 0.25) is 0 Å². The lowest BCUT2D eigenvalue weighted by Gasteiger charge is -2.15. The summed E-state index contributed by atoms with van der Waals surface area (Å²) in [6.45, 7) is 32.8. The molecule has 0 radical (unpaired) electrons. The van der Waals surface area contributed by atoms with Crippen molar-refractivity contribution in [2.24, 2.45) is 0 Å². The molecule has 16 rings (SSSR count). The Morgan fingerprint density at radius 1 is 0.362 bits per heavy atom. The number of likely N-dealkylation sites (tertiary alicyclic amines) is 4. The highest BCUT2D eigenvalue weighted by molar-refractivity contribution is 5.86. The highest BCUT2D eigenvalue weighted by Crippen LogP contribution is 2.32. The number of rotatable bonds is 37. The van der Waals surface area contributed by atoms with E-state index in [1.807, 2.05) is 50.2 Å². The van der Waals surface area contributed by atoms with Gasteiger partial charge in [0.05, 0.1) is 64.8 Å². The van der Waals surface area contributed by atoms with Crippen molar-refractivity contribution in [1.29, 1.82) is 0 Å². The second kappa shape index (κ2) is 46.7. The van der Waals surface area contributed by atoms with Crippen molar-refractivity contribution in [2.45, 2.75) is 204 Å². The summed E-state index contributed by atoms with van der Waals surface area (Å²) in [5.41, 5.74) is 37.7. The van der Waals surface area contributed by atoms with Crippen LogP contribution in [0.1, 0.15) is 176 Å². The maximum absolute atomic E-state index is 13.1. The lowest BCUT2D eigenvalue weighted by molar-refractivity contribution is 0.0679. The van der Waals surface area contributed by atoms with E-state index in [0.29, 0.717) is 117 Å². The van der Waals surface area contributed by atoms with Gasteiger partial charge >= 0.3 is 54.1 Å². The van der Waals surface area contributed by atoms with E-state index in [1.165, 1.54) is 92.3 Å². The summed E-state index contributed by atoms with van der Waals surface area (Å²) in [6, 6.07) is 34.6. The Morgan fingerprint density at radius 2 is 0.662 bits per heavy atom. The van der Waals surface area contributed by atoms with Crippen molar-refractivity contribution in [3.8, 4) is 36.1 Å². The van der Waals surface area contributed by atoms with E-state index in [0.717, 1.165) is 119 Å². The summed E-state index contributed by atoms with van der Waals surface area (Å²) in [6.07, 6.45) is 11.6. The maximum Gasteiger partial charge on any atom is 0.516 e. The Labute approximate surface area is 757 Å². The second-order valence-corrected chi connectivity index (χ2v) is 33.4. The van der Waals surface area contributed by atoms with E-state index in [9.17, 15) is 14.4 Å². The average Bonchev–Trinajstić information content (AvgIpc) is 1.60. The zero-order valence-corrected chi connectivity index (χ0v) is 76.7. The van der Waals surface area contributed by atoms with Crippen molar-refractivity contribution in [3.05, 3.63) is 158 Å². The average molecular weight is 1790 g/mol. The quantitative estimate of drug-likeness (QED) is 0.0207. The molecular weight excluding hydrogens is 1660 g/mol. The lowest BCUT2D eigenvalue weighted by atomic mass is 10.1. The van der Waals surface area contributed by atoms with Crippen molar-refractivity contribution >= 4 is 80.2 Å². The van der Waals surface area contributed by atoms with Gasteiger partial charge < -0.3 is 74.9 Å². The zero-order valence-electron chi connectivity index (χ0n) is 76.7. The minimum atomic E-state index is -0.859. The van der Waals surface area contributed by atoms with Crippen LogP contribution in [0.5, 0.6) is 36.1 Å². The molecule has 12 aromatic rings. The number of unbranched alkanes of at least 4 members (excludes halogenated alkanes) is 2. The molecule has 0 unspecified atom stereocenters. The van der Waals surface area contributed by atoms with Crippen LogP contribution in [0.25, 0.3) is 44.7 Å². The summed E-state index contributed by atoms with van der Waals surface area (Å²) < 4.78 is 62.5. The molecule has 0 amide bonds. The van der Waals surface area contributed by atoms with Crippen LogP contribution in [0.15, 0.2) is 102 Å². The molecule has 4 aliphatic rings. The zero-order chi connectivity index (χ0) is 91.6. The number of nitrogens with two attached hydrogens (primary N) is 4. The van der Waals surface area contributed by atoms with Crippen molar-refractivity contribution in [2.75, 3.05) is 129 Å². The number of methoxy groups -OCH3 is 2. The molecule has 37 heteroatoms. The van der Waals surface area contributed by atoms with Crippen molar-refractivity contribution in [3.63, 3.8) is 0 Å². The number of fused-ring (bicyclic) bond motifs is 4. The van der Waals surface area contributed by atoms with E-state index in [4.69, 9.17) is 70.3 Å². The smallest absolute Gasteiger partial charge is 0.463 e. The van der Waals surface area contributed by atoms with Crippen LogP contribution >= 0.6 is 0 Å². The third-order valence-corrected chi connectivity index (χ3v) is 22.4. The molecule has 696 valence electrons. The van der Waals surface area contributed by atoms with E-state index < -0.39 is 12.3 Å². The Kier molecular flexibility index (Phi) is 34.2. The normalized spacial score (nSPS) is 14.3. The molecule has 4 fully saturated rings. The van der Waals surface area contributed by atoms with Crippen LogP contribution in [0.4, 0.5) is 32.9 Å². The SMILES string of the molecule is CCCCOc1nc(N)c2nc(C)n(Cc3cccc(CN4CCCC4)c3)c2n1.CCCCOc1nc(N)c2nc(OC(=O)OC(C)C)n(Cc3cccc(CN4CCCC4)c3)c2n1.CCn1c(=O)n(Cc2cccc(CN3CCCC3)c2)c2nc(OCCOC)nc(N)c21.COCCOc1nc(N)c2nc(OC(=O)OC(C)C)n(Cc3cccc(CN4CCCC4)c3)c2n1. The van der Waals surface area contributed by atoms with E-state index in [2.05, 4.69) is 154 Å². The third kappa shape index (κ3) is 26.0. The molecule has 0 spiro atoms. The largest absolute Gasteiger partial charge is 0.516 e. The Hall–Kier alpha value is -12.4. The Bertz CT molecular complexity index is 5610. The van der Waals surface area contributed by atoms with Crippen LogP contribution in [-0.4, -0.2) is 228 Å². The fraction of sp³-hybridized carbons (Fsp3) is 0.505. The minimum Gasteiger partial charge on any atom is -0.463 e. The molecule has 8 N–H and O–H groups in total. The van der Waals surface area contributed by atoms with E-state index in [-0.39, 0.29) is 72.0 Å². The first kappa shape index (κ1) is 95.2. The number of imidazole rings is 4. The van der Waals surface area contributed by atoms with Gasteiger partial charge in [0.25, 0.3) is 0 Å². The minimum absolute atomic E-state index is 0.0191. The molecule has 4 aliphatic heterocycles. The third-order valence-electron chi connectivity index (χ3n) is 22.4. The van der Waals surface area contributed by atoms with Crippen LogP contribution in [0.3, 0.4) is 0 Å². The van der Waals surface area contributed by atoms with Gasteiger partial charge in [0.2, 0.25) is 0 Å². The molecule has 37 nitrogen and oxygen atoms in total. The number of carbonyl (C=O) groups excluding carboxylic acids is 2. The Balaban J connectivity index is 0.000000148. The highest BCUT2D eigenvalue weighted by atomic mass is 16.7. The lowest BCUT2D eigenvalue weighted by Crippen LogP contribution is -2.24. The number of nitrogen functional groups attached to an aromatic ring is 4. The topological polar surface area (TPSA) is 427 Å². The monoisotopic (exact) mass is 1790 g/mol. The fourth-order valence-corrected chi connectivity index (χ4v) is 16.1. The molecule has 4 saturated heterocycles. The van der Waals surface area contributed by atoms with Crippen molar-refractivity contribution in [1.82, 2.24) is 97.3 Å². The van der Waals surface area contributed by atoms with Gasteiger partial charge in [-0.05, 0) is 203 Å². The first-order valence-corrected chi connectivity index (χ1v) is 45.4. The summed E-state index contributed by atoms with van der Waals surface area (Å²) in [7, 11) is 3.17. The molecular formula is C93H126N24O13. The summed E-state index contributed by atoms with van der Waals surface area (Å²) in [5, 5.41) is 0. The second-order valence-electron chi connectivity index (χ2n) is 33.4. The number of benzene rings is 4. The van der Waals surface area contributed by atoms with Gasteiger partial charge in [-0.3, -0.25) is 37.9 Å². The van der Waals surface area contributed by atoms with Gasteiger partial charge in [-0.2, -0.15) is 49.8 Å². The van der Waals surface area contributed by atoms with E-state index in [1.54, 1.807) is 60.2 Å². The number of anilines is 4. The standard InChI is InChI=1S/C25H34N6O4.C24H32N6O5.C22H30N6O3.C22H30N6O/c1-4-5-13-33-23-28-21(26)20-22(29-23)31(24(27-20)35-25(32)34-17(2)3)16-19-10-8-9-18(14-19)15-30-11-6-7-12-30;1-16(2)34-24(31)35-23-26-19-20(25)27-22(33-12-11-32-3)28-21(19)30(23)15-18-8-6-7-17(13-18)14-29-9-4-5-10-29;1-3-27-18-19(23)24-21(31-12-11-30-2)25-20(18)28(22(27)29)15-17-8-6-7-16(13-17)14-26-9-4-5-10-26;1-3-4-12-29-22-25-20(23)19-21(26-22)28(16(2)24-19)15-18-9-7-8-17(13-18)14-27-10-5-6-11-27/h8-10,14,17H,4-7,11-13,15-16H2,1-3H3,(H2,26,28,29);6-8,13,16H,4-5,9-12,14-15H2,1-3H3,(H2,25,27,28);6-8,13H,3-5,9-12,14-15H2,1-2H3,(H2,23,24,25);7-9,13H,3-6,10-12,14-15H2,1-2H3,(H2,23,25,26). The molecule has 4 aromatic carbocycles. The van der Waals surface area contributed by atoms with Crippen LogP contribution in [0, 0.1) is 6.92 Å².